The minimum atomic E-state index is -0.681. The highest BCUT2D eigenvalue weighted by atomic mass is 16.4. The highest BCUT2D eigenvalue weighted by molar-refractivity contribution is 5.71. The van der Waals surface area contributed by atoms with Crippen LogP contribution in [0.2, 0.25) is 0 Å². The number of carboxylic acids is 1. The standard InChI is InChI=1S/C11H16O2/c1-3-4-9-7-8(2)5-6-10(9)11(12)13/h8-10H,5-7H2,1-2H3,(H,12,13). The summed E-state index contributed by atoms with van der Waals surface area (Å²) in [7, 11) is 0. The first kappa shape index (κ1) is 10.1. The maximum atomic E-state index is 10.9. The first-order valence-corrected chi connectivity index (χ1v) is 4.80. The zero-order chi connectivity index (χ0) is 9.84. The van der Waals surface area contributed by atoms with E-state index in [0.717, 1.165) is 19.3 Å². The summed E-state index contributed by atoms with van der Waals surface area (Å²) in [6.45, 7) is 3.95. The zero-order valence-corrected chi connectivity index (χ0v) is 8.21. The van der Waals surface area contributed by atoms with E-state index in [1.54, 1.807) is 6.92 Å². The van der Waals surface area contributed by atoms with Gasteiger partial charge in [0, 0.05) is 5.92 Å². The van der Waals surface area contributed by atoms with E-state index in [1.165, 1.54) is 0 Å². The largest absolute Gasteiger partial charge is 0.481 e. The van der Waals surface area contributed by atoms with Crippen LogP contribution in [0.15, 0.2) is 0 Å². The van der Waals surface area contributed by atoms with Crippen molar-refractivity contribution < 1.29 is 9.90 Å². The van der Waals surface area contributed by atoms with Crippen LogP contribution < -0.4 is 0 Å². The van der Waals surface area contributed by atoms with Gasteiger partial charge < -0.3 is 5.11 Å². The Morgan fingerprint density at radius 2 is 2.15 bits per heavy atom. The van der Waals surface area contributed by atoms with Gasteiger partial charge in [-0.1, -0.05) is 12.8 Å². The molecule has 0 aromatic rings. The number of carbonyl (C=O) groups is 1. The average Bonchev–Trinajstić information content (AvgIpc) is 2.04. The molecule has 3 atom stereocenters. The summed E-state index contributed by atoms with van der Waals surface area (Å²) in [6.07, 6.45) is 2.76. The Morgan fingerprint density at radius 1 is 1.46 bits per heavy atom. The minimum Gasteiger partial charge on any atom is -0.481 e. The van der Waals surface area contributed by atoms with E-state index in [4.69, 9.17) is 5.11 Å². The molecule has 1 rings (SSSR count). The normalized spacial score (nSPS) is 33.2. The van der Waals surface area contributed by atoms with E-state index < -0.39 is 5.97 Å². The van der Waals surface area contributed by atoms with Gasteiger partial charge in [-0.15, -0.1) is 5.92 Å². The van der Waals surface area contributed by atoms with Crippen molar-refractivity contribution in [2.24, 2.45) is 17.8 Å². The second kappa shape index (κ2) is 4.32. The van der Waals surface area contributed by atoms with Gasteiger partial charge in [0.05, 0.1) is 5.92 Å². The maximum Gasteiger partial charge on any atom is 0.307 e. The monoisotopic (exact) mass is 180 g/mol. The van der Waals surface area contributed by atoms with Gasteiger partial charge in [0.1, 0.15) is 0 Å². The molecular weight excluding hydrogens is 164 g/mol. The summed E-state index contributed by atoms with van der Waals surface area (Å²) >= 11 is 0. The van der Waals surface area contributed by atoms with Crippen LogP contribution in [-0.4, -0.2) is 11.1 Å². The van der Waals surface area contributed by atoms with Gasteiger partial charge in [0.15, 0.2) is 0 Å². The lowest BCUT2D eigenvalue weighted by Gasteiger charge is -2.28. The first-order valence-electron chi connectivity index (χ1n) is 4.80. The molecule has 0 aliphatic heterocycles. The zero-order valence-electron chi connectivity index (χ0n) is 8.21. The summed E-state index contributed by atoms with van der Waals surface area (Å²) in [6, 6.07) is 0. The molecular formula is C11H16O2. The van der Waals surface area contributed by atoms with Gasteiger partial charge in [-0.25, -0.2) is 0 Å². The van der Waals surface area contributed by atoms with Crippen LogP contribution >= 0.6 is 0 Å². The quantitative estimate of drug-likeness (QED) is 0.628. The van der Waals surface area contributed by atoms with Crippen LogP contribution in [0.4, 0.5) is 0 Å². The van der Waals surface area contributed by atoms with E-state index in [9.17, 15) is 4.79 Å². The molecule has 2 heteroatoms. The number of hydrogen-bond acceptors (Lipinski definition) is 1. The summed E-state index contributed by atoms with van der Waals surface area (Å²) in [5.74, 6) is 5.63. The van der Waals surface area contributed by atoms with E-state index in [-0.39, 0.29) is 11.8 Å². The van der Waals surface area contributed by atoms with E-state index in [2.05, 4.69) is 18.8 Å². The number of hydrogen-bond donors (Lipinski definition) is 1. The molecule has 1 aliphatic rings. The molecule has 1 fully saturated rings. The third kappa shape index (κ3) is 2.48. The Labute approximate surface area is 79.3 Å². The van der Waals surface area contributed by atoms with Crippen molar-refractivity contribution >= 4 is 5.97 Å². The van der Waals surface area contributed by atoms with Crippen molar-refractivity contribution in [1.82, 2.24) is 0 Å². The number of aliphatic carboxylic acids is 1. The van der Waals surface area contributed by atoms with Crippen LogP contribution in [0, 0.1) is 29.6 Å². The third-order valence-corrected chi connectivity index (χ3v) is 2.76. The third-order valence-electron chi connectivity index (χ3n) is 2.76. The van der Waals surface area contributed by atoms with Crippen LogP contribution in [0.3, 0.4) is 0 Å². The fraction of sp³-hybridized carbons (Fsp3) is 0.727. The second-order valence-electron chi connectivity index (χ2n) is 3.86. The minimum absolute atomic E-state index is 0.0752. The van der Waals surface area contributed by atoms with Crippen LogP contribution in [0.1, 0.15) is 33.1 Å². The molecule has 0 saturated heterocycles. The molecule has 1 aliphatic carbocycles. The smallest absolute Gasteiger partial charge is 0.307 e. The van der Waals surface area contributed by atoms with Gasteiger partial charge in [-0.2, -0.15) is 0 Å². The molecule has 2 nitrogen and oxygen atoms in total. The Hall–Kier alpha value is -0.970. The molecule has 0 bridgehead atoms. The van der Waals surface area contributed by atoms with Crippen molar-refractivity contribution in [1.29, 1.82) is 0 Å². The fourth-order valence-corrected chi connectivity index (χ4v) is 2.02. The van der Waals surface area contributed by atoms with Gasteiger partial charge in [-0.3, -0.25) is 4.79 Å². The molecule has 0 aromatic heterocycles. The molecule has 0 radical (unpaired) electrons. The summed E-state index contributed by atoms with van der Waals surface area (Å²) in [4.78, 5) is 10.9. The summed E-state index contributed by atoms with van der Waals surface area (Å²) < 4.78 is 0. The lowest BCUT2D eigenvalue weighted by atomic mass is 9.75. The molecule has 3 unspecified atom stereocenters. The van der Waals surface area contributed by atoms with Crippen LogP contribution in [0.25, 0.3) is 0 Å². The van der Waals surface area contributed by atoms with Gasteiger partial charge in [0.2, 0.25) is 0 Å². The first-order chi connectivity index (χ1) is 6.15. The van der Waals surface area contributed by atoms with Crippen molar-refractivity contribution in [3.63, 3.8) is 0 Å². The van der Waals surface area contributed by atoms with Crippen molar-refractivity contribution in [2.45, 2.75) is 33.1 Å². The number of rotatable bonds is 1. The van der Waals surface area contributed by atoms with Crippen molar-refractivity contribution in [2.75, 3.05) is 0 Å². The van der Waals surface area contributed by atoms with E-state index in [0.29, 0.717) is 5.92 Å². The SMILES string of the molecule is CC#CC1CC(C)CCC1C(=O)O. The second-order valence-corrected chi connectivity index (χ2v) is 3.86. The average molecular weight is 180 g/mol. The predicted octanol–water partition coefficient (Wildman–Crippen LogP) is 2.15. The lowest BCUT2D eigenvalue weighted by Crippen LogP contribution is -2.29. The summed E-state index contributed by atoms with van der Waals surface area (Å²) in [5, 5.41) is 8.95. The summed E-state index contributed by atoms with van der Waals surface area (Å²) in [5.41, 5.74) is 0. The fourth-order valence-electron chi connectivity index (χ4n) is 2.02. The lowest BCUT2D eigenvalue weighted by molar-refractivity contribution is -0.144. The number of carboxylic acid groups (broad SMARTS) is 1. The van der Waals surface area contributed by atoms with Crippen molar-refractivity contribution in [3.8, 4) is 11.8 Å². The van der Waals surface area contributed by atoms with Crippen LogP contribution in [-0.2, 0) is 4.79 Å². The molecule has 0 aromatic carbocycles. The van der Waals surface area contributed by atoms with Gasteiger partial charge in [0.25, 0.3) is 0 Å². The van der Waals surface area contributed by atoms with Crippen LogP contribution in [0.5, 0.6) is 0 Å². The highest BCUT2D eigenvalue weighted by Gasteiger charge is 2.32. The Morgan fingerprint density at radius 3 is 2.69 bits per heavy atom. The highest BCUT2D eigenvalue weighted by Crippen LogP contribution is 2.33. The molecule has 13 heavy (non-hydrogen) atoms. The topological polar surface area (TPSA) is 37.3 Å². The Bertz CT molecular complexity index is 247. The van der Waals surface area contributed by atoms with Gasteiger partial charge >= 0.3 is 5.97 Å². The molecule has 1 saturated carbocycles. The molecule has 1 N–H and O–H groups in total. The van der Waals surface area contributed by atoms with E-state index >= 15 is 0 Å². The molecule has 0 heterocycles. The van der Waals surface area contributed by atoms with E-state index in [1.807, 2.05) is 0 Å². The molecule has 0 amide bonds. The molecule has 0 spiro atoms. The Balaban J connectivity index is 2.69. The maximum absolute atomic E-state index is 10.9. The van der Waals surface area contributed by atoms with Crippen molar-refractivity contribution in [3.05, 3.63) is 0 Å². The molecule has 72 valence electrons. The van der Waals surface area contributed by atoms with Gasteiger partial charge in [-0.05, 0) is 32.1 Å². The Kier molecular flexibility index (Phi) is 3.36. The predicted molar refractivity (Wildman–Crippen MR) is 51.1 cm³/mol.